The summed E-state index contributed by atoms with van der Waals surface area (Å²) in [6.07, 6.45) is -1.97. The second-order valence-corrected chi connectivity index (χ2v) is 9.28. The van der Waals surface area contributed by atoms with Gasteiger partial charge in [0, 0.05) is 31.2 Å². The summed E-state index contributed by atoms with van der Waals surface area (Å²) in [6, 6.07) is 14.0. The van der Waals surface area contributed by atoms with Crippen LogP contribution in [0.3, 0.4) is 0 Å². The molecule has 1 saturated carbocycles. The summed E-state index contributed by atoms with van der Waals surface area (Å²) in [6.45, 7) is 1.67. The smallest absolute Gasteiger partial charge is 0.407 e. The van der Waals surface area contributed by atoms with Gasteiger partial charge in [-0.2, -0.15) is 0 Å². The number of halogens is 2. The van der Waals surface area contributed by atoms with Crippen LogP contribution in [0.1, 0.15) is 49.7 Å². The van der Waals surface area contributed by atoms with Crippen molar-refractivity contribution < 1.29 is 33.0 Å². The van der Waals surface area contributed by atoms with Crippen LogP contribution in [0.5, 0.6) is 0 Å². The molecule has 2 aromatic carbocycles. The van der Waals surface area contributed by atoms with Crippen LogP contribution in [0.15, 0.2) is 48.5 Å². The molecule has 2 aliphatic carbocycles. The Kier molecular flexibility index (Phi) is 7.05. The van der Waals surface area contributed by atoms with Gasteiger partial charge in [0.1, 0.15) is 12.6 Å². The predicted molar refractivity (Wildman–Crippen MR) is 124 cm³/mol. The number of alkyl halides is 2. The van der Waals surface area contributed by atoms with Crippen LogP contribution in [0.2, 0.25) is 0 Å². The van der Waals surface area contributed by atoms with Crippen LogP contribution in [0.4, 0.5) is 13.6 Å². The zero-order valence-electron chi connectivity index (χ0n) is 19.3. The fraction of sp³-hybridized carbons (Fsp3) is 0.423. The van der Waals surface area contributed by atoms with Crippen molar-refractivity contribution in [2.75, 3.05) is 6.61 Å². The maximum atomic E-state index is 13.2. The van der Waals surface area contributed by atoms with E-state index in [2.05, 4.69) is 10.6 Å². The molecule has 3 N–H and O–H groups in total. The molecular weight excluding hydrogens is 458 g/mol. The molecule has 7 nitrogen and oxygen atoms in total. The number of fused-ring (bicyclic) bond motifs is 3. The molecule has 2 unspecified atom stereocenters. The highest BCUT2D eigenvalue weighted by atomic mass is 19.3. The summed E-state index contributed by atoms with van der Waals surface area (Å²) in [5.41, 5.74) is 4.22. The van der Waals surface area contributed by atoms with E-state index < -0.39 is 36.0 Å². The Labute approximate surface area is 201 Å². The summed E-state index contributed by atoms with van der Waals surface area (Å²) in [4.78, 5) is 36.4. The second-order valence-electron chi connectivity index (χ2n) is 9.28. The van der Waals surface area contributed by atoms with Crippen LogP contribution in [0, 0.1) is 5.92 Å². The van der Waals surface area contributed by atoms with E-state index in [1.807, 2.05) is 48.5 Å². The zero-order chi connectivity index (χ0) is 25.2. The van der Waals surface area contributed by atoms with Crippen molar-refractivity contribution in [2.45, 2.75) is 56.5 Å². The van der Waals surface area contributed by atoms with Crippen molar-refractivity contribution in [1.82, 2.24) is 10.6 Å². The monoisotopic (exact) mass is 486 g/mol. The third-order valence-corrected chi connectivity index (χ3v) is 6.80. The summed E-state index contributed by atoms with van der Waals surface area (Å²) in [5, 5.41) is 14.1. The lowest BCUT2D eigenvalue weighted by Crippen LogP contribution is -2.54. The Balaban J connectivity index is 1.37. The number of nitrogens with one attached hydrogen (secondary N) is 2. The highest BCUT2D eigenvalue weighted by Crippen LogP contribution is 2.45. The number of rotatable bonds is 9. The van der Waals surface area contributed by atoms with Gasteiger partial charge in [0.25, 0.3) is 0 Å². The number of carbonyl (C=O) groups excluding carboxylic acids is 2. The number of benzene rings is 2. The SMILES string of the molecule is CC(NC(=O)C(CCC(=O)O)NC(=O)OCC1c2ccccc2-c2ccccc21)C1CC(F)(F)C1. The number of amides is 2. The summed E-state index contributed by atoms with van der Waals surface area (Å²) in [5.74, 6) is -5.00. The predicted octanol–water partition coefficient (Wildman–Crippen LogP) is 4.31. The maximum absolute atomic E-state index is 13.2. The number of carbonyl (C=O) groups is 3. The average molecular weight is 487 g/mol. The first-order chi connectivity index (χ1) is 16.6. The van der Waals surface area contributed by atoms with Gasteiger partial charge < -0.3 is 20.5 Å². The van der Waals surface area contributed by atoms with Crippen LogP contribution < -0.4 is 10.6 Å². The number of alkyl carbamates (subject to hydrolysis) is 1. The molecule has 2 amide bonds. The van der Waals surface area contributed by atoms with Gasteiger partial charge in [-0.25, -0.2) is 13.6 Å². The molecule has 2 atom stereocenters. The Morgan fingerprint density at radius 1 is 1.03 bits per heavy atom. The number of aliphatic carboxylic acids is 1. The minimum Gasteiger partial charge on any atom is -0.481 e. The summed E-state index contributed by atoms with van der Waals surface area (Å²) in [7, 11) is 0. The first kappa shape index (κ1) is 24.6. The van der Waals surface area contributed by atoms with Gasteiger partial charge >= 0.3 is 12.1 Å². The lowest BCUT2D eigenvalue weighted by molar-refractivity contribution is -0.137. The first-order valence-electron chi connectivity index (χ1n) is 11.7. The molecule has 0 spiro atoms. The quantitative estimate of drug-likeness (QED) is 0.490. The van der Waals surface area contributed by atoms with Gasteiger partial charge in [0.2, 0.25) is 11.8 Å². The lowest BCUT2D eigenvalue weighted by Gasteiger charge is -2.39. The number of carboxylic acid groups (broad SMARTS) is 1. The van der Waals surface area contributed by atoms with Gasteiger partial charge in [-0.1, -0.05) is 48.5 Å². The van der Waals surface area contributed by atoms with Crippen LogP contribution in [0.25, 0.3) is 11.1 Å². The molecule has 2 aromatic rings. The number of hydrogen-bond acceptors (Lipinski definition) is 4. The van der Waals surface area contributed by atoms with Crippen molar-refractivity contribution >= 4 is 18.0 Å². The van der Waals surface area contributed by atoms with Crippen LogP contribution >= 0.6 is 0 Å². The van der Waals surface area contributed by atoms with Crippen molar-refractivity contribution in [1.29, 1.82) is 0 Å². The molecule has 4 rings (SSSR count). The topological polar surface area (TPSA) is 105 Å². The molecule has 0 heterocycles. The normalized spacial score (nSPS) is 17.9. The minimum atomic E-state index is -2.72. The van der Waals surface area contributed by atoms with E-state index in [0.717, 1.165) is 22.3 Å². The number of hydrogen-bond donors (Lipinski definition) is 3. The molecule has 9 heteroatoms. The zero-order valence-corrected chi connectivity index (χ0v) is 19.3. The van der Waals surface area contributed by atoms with E-state index in [1.54, 1.807) is 6.92 Å². The minimum absolute atomic E-state index is 0.0424. The molecule has 186 valence electrons. The maximum Gasteiger partial charge on any atom is 0.407 e. The van der Waals surface area contributed by atoms with Crippen LogP contribution in [-0.2, 0) is 14.3 Å². The van der Waals surface area contributed by atoms with E-state index in [4.69, 9.17) is 9.84 Å². The molecule has 2 aliphatic rings. The lowest BCUT2D eigenvalue weighted by atomic mass is 9.77. The summed E-state index contributed by atoms with van der Waals surface area (Å²) < 4.78 is 31.8. The van der Waals surface area contributed by atoms with Gasteiger partial charge in [0.05, 0.1) is 0 Å². The number of carboxylic acids is 1. The van der Waals surface area contributed by atoms with E-state index in [-0.39, 0.29) is 44.1 Å². The molecule has 0 saturated heterocycles. The molecule has 0 bridgehead atoms. The molecule has 0 aliphatic heterocycles. The molecule has 1 fully saturated rings. The van der Waals surface area contributed by atoms with E-state index >= 15 is 0 Å². The molecule has 0 aromatic heterocycles. The van der Waals surface area contributed by atoms with Crippen molar-refractivity contribution in [3.05, 3.63) is 59.7 Å². The van der Waals surface area contributed by atoms with Gasteiger partial charge in [-0.05, 0) is 41.5 Å². The summed E-state index contributed by atoms with van der Waals surface area (Å²) >= 11 is 0. The Morgan fingerprint density at radius 2 is 1.60 bits per heavy atom. The third-order valence-electron chi connectivity index (χ3n) is 6.80. The average Bonchev–Trinajstić information content (AvgIpc) is 3.12. The Morgan fingerprint density at radius 3 is 2.14 bits per heavy atom. The molecular formula is C26H28F2N2O5. The van der Waals surface area contributed by atoms with Gasteiger partial charge in [-0.15, -0.1) is 0 Å². The van der Waals surface area contributed by atoms with Crippen molar-refractivity contribution in [3.8, 4) is 11.1 Å². The van der Waals surface area contributed by atoms with Crippen LogP contribution in [-0.4, -0.2) is 47.7 Å². The fourth-order valence-corrected chi connectivity index (χ4v) is 4.82. The van der Waals surface area contributed by atoms with Gasteiger partial charge in [-0.3, -0.25) is 9.59 Å². The first-order valence-corrected chi connectivity index (χ1v) is 11.7. The molecule has 35 heavy (non-hydrogen) atoms. The standard InChI is InChI=1S/C26H28F2N2O5/c1-15(16-12-26(27,28)13-16)29-24(33)22(10-11-23(31)32)30-25(34)35-14-21-19-8-4-2-6-17(19)18-7-3-5-9-20(18)21/h2-9,15-16,21-22H,10-14H2,1H3,(H,29,33)(H,30,34)(H,31,32). The van der Waals surface area contributed by atoms with E-state index in [0.29, 0.717) is 0 Å². The van der Waals surface area contributed by atoms with Crippen molar-refractivity contribution in [3.63, 3.8) is 0 Å². The van der Waals surface area contributed by atoms with Gasteiger partial charge in [0.15, 0.2) is 0 Å². The third kappa shape index (κ3) is 5.61. The Hall–Kier alpha value is -3.49. The molecule has 0 radical (unpaired) electrons. The number of ether oxygens (including phenoxy) is 1. The highest BCUT2D eigenvalue weighted by Gasteiger charge is 2.47. The highest BCUT2D eigenvalue weighted by molar-refractivity contribution is 5.86. The van der Waals surface area contributed by atoms with E-state index in [1.165, 1.54) is 0 Å². The fourth-order valence-electron chi connectivity index (χ4n) is 4.82. The Bertz CT molecular complexity index is 1070. The van der Waals surface area contributed by atoms with E-state index in [9.17, 15) is 23.2 Å². The second kappa shape index (κ2) is 10.0. The van der Waals surface area contributed by atoms with Crippen molar-refractivity contribution in [2.24, 2.45) is 5.92 Å². The largest absolute Gasteiger partial charge is 0.481 e.